The Labute approximate surface area is 164 Å². The fourth-order valence-electron chi connectivity index (χ4n) is 2.91. The summed E-state index contributed by atoms with van der Waals surface area (Å²) in [7, 11) is 6.03. The van der Waals surface area contributed by atoms with E-state index in [1.165, 1.54) is 4.90 Å². The average molecular weight is 387 g/mol. The maximum absolute atomic E-state index is 13.2. The second-order valence-corrected chi connectivity index (χ2v) is 7.31. The average Bonchev–Trinajstić information content (AvgIpc) is 2.76. The molecule has 1 N–H and O–H groups in total. The van der Waals surface area contributed by atoms with Gasteiger partial charge in [0.15, 0.2) is 0 Å². The van der Waals surface area contributed by atoms with Crippen LogP contribution in [-0.2, 0) is 4.79 Å². The molecule has 0 bridgehead atoms. The van der Waals surface area contributed by atoms with Gasteiger partial charge in [0.1, 0.15) is 6.54 Å². The largest absolute Gasteiger partial charge is 0.373 e. The van der Waals surface area contributed by atoms with E-state index in [2.05, 4.69) is 15.1 Å². The Hall–Kier alpha value is -2.57. The molecular weight excluding hydrogens is 364 g/mol. The summed E-state index contributed by atoms with van der Waals surface area (Å²) >= 11 is 5.94. The molecule has 7 heteroatoms. The number of hydrogen-bond donors (Lipinski definition) is 1. The molecule has 1 heterocycles. The first-order valence-corrected chi connectivity index (χ1v) is 9.10. The van der Waals surface area contributed by atoms with Crippen LogP contribution in [0.2, 0.25) is 5.02 Å². The third-order valence-electron chi connectivity index (χ3n) is 4.52. The second kappa shape index (κ2) is 7.98. The molecule has 3 rings (SSSR count). The summed E-state index contributed by atoms with van der Waals surface area (Å²) in [5.74, 6) is -0.445. The molecule has 0 aromatic heterocycles. The standard InChI is InChI=1S/C20H23ClN4O2/c1-23(2)10-11-24(3)16-8-9-18-17(12-16)20(27)25(13-19(26)22-18)15-6-4-14(21)5-7-15/h4-9,12H,10-11,13H2,1-3H3,(H,22,26). The van der Waals surface area contributed by atoms with Crippen LogP contribution in [0.4, 0.5) is 17.1 Å². The first-order valence-electron chi connectivity index (χ1n) is 8.72. The lowest BCUT2D eigenvalue weighted by atomic mass is 10.1. The Kier molecular flexibility index (Phi) is 5.68. The Morgan fingerprint density at radius 2 is 1.74 bits per heavy atom. The van der Waals surface area contributed by atoms with Crippen LogP contribution in [-0.4, -0.2) is 57.5 Å². The third kappa shape index (κ3) is 4.40. The number of fused-ring (bicyclic) bond motifs is 1. The van der Waals surface area contributed by atoms with Crippen molar-refractivity contribution in [3.8, 4) is 0 Å². The molecule has 2 aromatic carbocycles. The lowest BCUT2D eigenvalue weighted by molar-refractivity contribution is -0.114. The van der Waals surface area contributed by atoms with Crippen LogP contribution in [0, 0.1) is 0 Å². The highest BCUT2D eigenvalue weighted by atomic mass is 35.5. The van der Waals surface area contributed by atoms with E-state index in [0.717, 1.165) is 18.8 Å². The number of nitrogens with zero attached hydrogens (tertiary/aromatic N) is 3. The second-order valence-electron chi connectivity index (χ2n) is 6.87. The van der Waals surface area contributed by atoms with Gasteiger partial charge >= 0.3 is 0 Å². The smallest absolute Gasteiger partial charge is 0.260 e. The van der Waals surface area contributed by atoms with Gasteiger partial charge in [0.05, 0.1) is 11.3 Å². The molecule has 0 saturated carbocycles. The van der Waals surface area contributed by atoms with Crippen LogP contribution in [0.15, 0.2) is 42.5 Å². The molecule has 2 aromatic rings. The Morgan fingerprint density at radius 3 is 2.41 bits per heavy atom. The van der Waals surface area contributed by atoms with Crippen molar-refractivity contribution in [3.05, 3.63) is 53.1 Å². The molecule has 27 heavy (non-hydrogen) atoms. The normalized spacial score (nSPS) is 14.0. The van der Waals surface area contributed by atoms with Crippen molar-refractivity contribution in [1.82, 2.24) is 4.90 Å². The summed E-state index contributed by atoms with van der Waals surface area (Å²) in [5.41, 5.74) is 2.58. The van der Waals surface area contributed by atoms with E-state index >= 15 is 0 Å². The van der Waals surface area contributed by atoms with Crippen LogP contribution in [0.1, 0.15) is 10.4 Å². The number of likely N-dealkylation sites (N-methyl/N-ethyl adjacent to an activating group) is 2. The molecule has 0 unspecified atom stereocenters. The van der Waals surface area contributed by atoms with E-state index in [4.69, 9.17) is 11.6 Å². The number of rotatable bonds is 5. The molecule has 142 valence electrons. The van der Waals surface area contributed by atoms with E-state index in [1.54, 1.807) is 30.3 Å². The Morgan fingerprint density at radius 1 is 1.04 bits per heavy atom. The van der Waals surface area contributed by atoms with Crippen molar-refractivity contribution in [1.29, 1.82) is 0 Å². The van der Waals surface area contributed by atoms with Gasteiger partial charge in [0, 0.05) is 36.5 Å². The zero-order valence-corrected chi connectivity index (χ0v) is 16.5. The number of anilines is 3. The predicted octanol–water partition coefficient (Wildman–Crippen LogP) is 2.94. The highest BCUT2D eigenvalue weighted by molar-refractivity contribution is 6.30. The van der Waals surface area contributed by atoms with Crippen LogP contribution >= 0.6 is 11.6 Å². The molecule has 1 aliphatic rings. The van der Waals surface area contributed by atoms with Crippen molar-refractivity contribution < 1.29 is 9.59 Å². The fraction of sp³-hybridized carbons (Fsp3) is 0.300. The van der Waals surface area contributed by atoms with Crippen molar-refractivity contribution in [3.63, 3.8) is 0 Å². The molecule has 0 radical (unpaired) electrons. The number of hydrogen-bond acceptors (Lipinski definition) is 4. The summed E-state index contributed by atoms with van der Waals surface area (Å²) in [6.07, 6.45) is 0. The van der Waals surface area contributed by atoms with Gasteiger partial charge in [-0.25, -0.2) is 0 Å². The molecule has 0 atom stereocenters. The monoisotopic (exact) mass is 386 g/mol. The van der Waals surface area contributed by atoms with Gasteiger partial charge in [-0.05, 0) is 56.6 Å². The van der Waals surface area contributed by atoms with E-state index < -0.39 is 0 Å². The first kappa shape index (κ1) is 19.2. The van der Waals surface area contributed by atoms with E-state index in [0.29, 0.717) is 22.0 Å². The number of benzene rings is 2. The van der Waals surface area contributed by atoms with Crippen LogP contribution in [0.3, 0.4) is 0 Å². The maximum Gasteiger partial charge on any atom is 0.260 e. The van der Waals surface area contributed by atoms with Gasteiger partial charge < -0.3 is 15.1 Å². The fourth-order valence-corrected chi connectivity index (χ4v) is 3.04. The highest BCUT2D eigenvalue weighted by Gasteiger charge is 2.28. The van der Waals surface area contributed by atoms with Crippen molar-refractivity contribution in [2.45, 2.75) is 0 Å². The summed E-state index contributed by atoms with van der Waals surface area (Å²) in [6, 6.07) is 12.4. The van der Waals surface area contributed by atoms with Gasteiger partial charge in [-0.3, -0.25) is 14.5 Å². The molecule has 6 nitrogen and oxygen atoms in total. The SMILES string of the molecule is CN(C)CCN(C)c1ccc2c(c1)C(=O)N(c1ccc(Cl)cc1)CC(=O)N2. The van der Waals surface area contributed by atoms with Crippen LogP contribution in [0.25, 0.3) is 0 Å². The maximum atomic E-state index is 13.2. The minimum absolute atomic E-state index is 0.0407. The summed E-state index contributed by atoms with van der Waals surface area (Å²) < 4.78 is 0. The van der Waals surface area contributed by atoms with E-state index in [9.17, 15) is 9.59 Å². The number of amides is 2. The molecular formula is C20H23ClN4O2. The summed E-state index contributed by atoms with van der Waals surface area (Å²) in [5, 5.41) is 3.41. The minimum atomic E-state index is -0.231. The Balaban J connectivity index is 1.94. The van der Waals surface area contributed by atoms with E-state index in [-0.39, 0.29) is 18.4 Å². The predicted molar refractivity (Wildman–Crippen MR) is 110 cm³/mol. The van der Waals surface area contributed by atoms with Crippen molar-refractivity contribution in [2.75, 3.05) is 55.9 Å². The summed E-state index contributed by atoms with van der Waals surface area (Å²) in [6.45, 7) is 1.68. The first-order chi connectivity index (χ1) is 12.8. The van der Waals surface area contributed by atoms with Crippen molar-refractivity contribution >= 4 is 40.5 Å². The van der Waals surface area contributed by atoms with Gasteiger partial charge in [0.25, 0.3) is 5.91 Å². The number of halogens is 1. The van der Waals surface area contributed by atoms with Gasteiger partial charge in [0.2, 0.25) is 5.91 Å². The highest BCUT2D eigenvalue weighted by Crippen LogP contribution is 2.29. The lowest BCUT2D eigenvalue weighted by Gasteiger charge is -2.23. The number of carbonyl (C=O) groups excluding carboxylic acids is 2. The lowest BCUT2D eigenvalue weighted by Crippen LogP contribution is -2.35. The minimum Gasteiger partial charge on any atom is -0.373 e. The topological polar surface area (TPSA) is 55.9 Å². The third-order valence-corrected chi connectivity index (χ3v) is 4.77. The zero-order valence-electron chi connectivity index (χ0n) is 15.7. The summed E-state index contributed by atoms with van der Waals surface area (Å²) in [4.78, 5) is 31.1. The van der Waals surface area contributed by atoms with E-state index in [1.807, 2.05) is 33.3 Å². The number of carbonyl (C=O) groups is 2. The zero-order chi connectivity index (χ0) is 19.6. The van der Waals surface area contributed by atoms with Crippen LogP contribution < -0.4 is 15.1 Å². The van der Waals surface area contributed by atoms with Gasteiger partial charge in [-0.15, -0.1) is 0 Å². The molecule has 2 amide bonds. The number of nitrogens with one attached hydrogen (secondary N) is 1. The van der Waals surface area contributed by atoms with Gasteiger partial charge in [-0.2, -0.15) is 0 Å². The quantitative estimate of drug-likeness (QED) is 0.858. The molecule has 0 aliphatic carbocycles. The molecule has 1 aliphatic heterocycles. The Bertz CT molecular complexity index is 852. The van der Waals surface area contributed by atoms with Gasteiger partial charge in [-0.1, -0.05) is 11.6 Å². The molecule has 0 spiro atoms. The molecule has 0 saturated heterocycles. The molecule has 0 fully saturated rings. The van der Waals surface area contributed by atoms with Crippen LogP contribution in [0.5, 0.6) is 0 Å². The van der Waals surface area contributed by atoms with Crippen molar-refractivity contribution in [2.24, 2.45) is 0 Å².